The minimum atomic E-state index is -4.38. The van der Waals surface area contributed by atoms with Crippen LogP contribution in [0.25, 0.3) is 0 Å². The maximum Gasteiger partial charge on any atom is 0.445 e. The first kappa shape index (κ1) is 12.6. The maximum atomic E-state index is 12.4. The van der Waals surface area contributed by atoms with Gasteiger partial charge in [0.05, 0.1) is 0 Å². The lowest BCUT2D eigenvalue weighted by Gasteiger charge is -2.22. The largest absolute Gasteiger partial charge is 0.445 e. The molecule has 1 fully saturated rings. The first-order valence-electron chi connectivity index (χ1n) is 5.69. The number of aromatic nitrogens is 2. The van der Waals surface area contributed by atoms with Gasteiger partial charge in [0.1, 0.15) is 0 Å². The molecule has 0 bridgehead atoms. The van der Waals surface area contributed by atoms with Gasteiger partial charge in [-0.3, -0.25) is 0 Å². The summed E-state index contributed by atoms with van der Waals surface area (Å²) in [6.45, 7) is 2.87. The van der Waals surface area contributed by atoms with Gasteiger partial charge in [0.15, 0.2) is 0 Å². The van der Waals surface area contributed by atoms with Crippen LogP contribution in [0, 0.1) is 0 Å². The van der Waals surface area contributed by atoms with Crippen molar-refractivity contribution in [2.24, 2.45) is 0 Å². The summed E-state index contributed by atoms with van der Waals surface area (Å²) >= 11 is 0.645. The van der Waals surface area contributed by atoms with Crippen molar-refractivity contribution < 1.29 is 13.2 Å². The standard InChI is InChI=1S/C10H14F3N3S/c1-2-4-7-5-3-6-16(7)9-15-14-8(17-9)10(11,12)13/h7H,2-6H2,1H3. The molecule has 0 N–H and O–H groups in total. The Labute approximate surface area is 102 Å². The zero-order valence-corrected chi connectivity index (χ0v) is 10.3. The predicted molar refractivity (Wildman–Crippen MR) is 60.2 cm³/mol. The van der Waals surface area contributed by atoms with Crippen LogP contribution in [0.1, 0.15) is 37.6 Å². The van der Waals surface area contributed by atoms with Gasteiger partial charge in [-0.1, -0.05) is 24.7 Å². The summed E-state index contributed by atoms with van der Waals surface area (Å²) in [5, 5.41) is 6.46. The second kappa shape index (κ2) is 4.80. The van der Waals surface area contributed by atoms with E-state index < -0.39 is 11.2 Å². The summed E-state index contributed by atoms with van der Waals surface area (Å²) in [5.41, 5.74) is 0. The Bertz CT molecular complexity index is 377. The van der Waals surface area contributed by atoms with Crippen molar-refractivity contribution in [2.45, 2.75) is 44.8 Å². The van der Waals surface area contributed by atoms with E-state index in [1.54, 1.807) is 0 Å². The molecule has 1 aromatic rings. The van der Waals surface area contributed by atoms with Gasteiger partial charge < -0.3 is 4.90 Å². The van der Waals surface area contributed by atoms with Crippen LogP contribution in [0.2, 0.25) is 0 Å². The molecule has 1 aliphatic rings. The van der Waals surface area contributed by atoms with Crippen molar-refractivity contribution in [3.8, 4) is 0 Å². The van der Waals surface area contributed by atoms with Crippen LogP contribution in [0.3, 0.4) is 0 Å². The number of rotatable bonds is 3. The minimum absolute atomic E-state index is 0.328. The highest BCUT2D eigenvalue weighted by molar-refractivity contribution is 7.15. The second-order valence-electron chi connectivity index (χ2n) is 4.17. The Hall–Kier alpha value is -0.850. The third kappa shape index (κ3) is 2.70. The molecule has 0 aliphatic carbocycles. The summed E-state index contributed by atoms with van der Waals surface area (Å²) in [6, 6.07) is 0.328. The second-order valence-corrected chi connectivity index (χ2v) is 5.12. The highest BCUT2D eigenvalue weighted by atomic mass is 32.1. The van der Waals surface area contributed by atoms with Crippen LogP contribution in [0.15, 0.2) is 0 Å². The van der Waals surface area contributed by atoms with Crippen LogP contribution in [-0.4, -0.2) is 22.8 Å². The summed E-state index contributed by atoms with van der Waals surface area (Å²) < 4.78 is 37.3. The van der Waals surface area contributed by atoms with Crippen LogP contribution in [-0.2, 0) is 6.18 Å². The van der Waals surface area contributed by atoms with Gasteiger partial charge in [0, 0.05) is 12.6 Å². The fourth-order valence-electron chi connectivity index (χ4n) is 2.17. The van der Waals surface area contributed by atoms with Gasteiger partial charge >= 0.3 is 6.18 Å². The monoisotopic (exact) mass is 265 g/mol. The zero-order chi connectivity index (χ0) is 12.5. The average Bonchev–Trinajstić information content (AvgIpc) is 2.82. The Morgan fingerprint density at radius 1 is 1.41 bits per heavy atom. The van der Waals surface area contributed by atoms with E-state index >= 15 is 0 Å². The molecule has 7 heteroatoms. The molecule has 17 heavy (non-hydrogen) atoms. The third-order valence-corrected chi connectivity index (χ3v) is 3.91. The number of nitrogens with zero attached hydrogens (tertiary/aromatic N) is 3. The van der Waals surface area contributed by atoms with Crippen molar-refractivity contribution >= 4 is 16.5 Å². The predicted octanol–water partition coefficient (Wildman–Crippen LogP) is 3.33. The van der Waals surface area contributed by atoms with Gasteiger partial charge in [-0.25, -0.2) is 0 Å². The molecule has 0 saturated carbocycles. The molecular weight excluding hydrogens is 251 g/mol. The number of halogens is 3. The molecule has 1 aliphatic heterocycles. The van der Waals surface area contributed by atoms with Crippen molar-refractivity contribution in [1.82, 2.24) is 10.2 Å². The quantitative estimate of drug-likeness (QED) is 0.839. The molecule has 1 unspecified atom stereocenters. The molecule has 1 atom stereocenters. The lowest BCUT2D eigenvalue weighted by atomic mass is 10.1. The Morgan fingerprint density at radius 3 is 2.76 bits per heavy atom. The van der Waals surface area contributed by atoms with Crippen LogP contribution < -0.4 is 4.90 Å². The fourth-order valence-corrected chi connectivity index (χ4v) is 2.98. The van der Waals surface area contributed by atoms with Gasteiger partial charge in [-0.15, -0.1) is 10.2 Å². The van der Waals surface area contributed by atoms with E-state index in [4.69, 9.17) is 0 Å². The molecular formula is C10H14F3N3S. The first-order valence-corrected chi connectivity index (χ1v) is 6.51. The van der Waals surface area contributed by atoms with Crippen LogP contribution >= 0.6 is 11.3 Å². The Kier molecular flexibility index (Phi) is 3.56. The molecule has 1 saturated heterocycles. The topological polar surface area (TPSA) is 29.0 Å². The smallest absolute Gasteiger partial charge is 0.344 e. The number of hydrogen-bond acceptors (Lipinski definition) is 4. The SMILES string of the molecule is CCCC1CCCN1c1nnc(C(F)(F)F)s1. The van der Waals surface area contributed by atoms with Gasteiger partial charge in [-0.2, -0.15) is 13.2 Å². The Balaban J connectivity index is 2.14. The lowest BCUT2D eigenvalue weighted by Crippen LogP contribution is -2.28. The summed E-state index contributed by atoms with van der Waals surface area (Å²) in [4.78, 5) is 1.97. The van der Waals surface area contributed by atoms with E-state index in [0.717, 1.165) is 32.2 Å². The molecule has 0 radical (unpaired) electrons. The Morgan fingerprint density at radius 2 is 2.18 bits per heavy atom. The highest BCUT2D eigenvalue weighted by Gasteiger charge is 2.37. The summed E-state index contributed by atoms with van der Waals surface area (Å²) in [7, 11) is 0. The van der Waals surface area contributed by atoms with Crippen molar-refractivity contribution in [3.05, 3.63) is 5.01 Å². The van der Waals surface area contributed by atoms with Crippen LogP contribution in [0.5, 0.6) is 0 Å². The van der Waals surface area contributed by atoms with Crippen molar-refractivity contribution in [2.75, 3.05) is 11.4 Å². The third-order valence-electron chi connectivity index (χ3n) is 2.90. The molecule has 0 spiro atoms. The molecule has 0 aromatic carbocycles. The zero-order valence-electron chi connectivity index (χ0n) is 9.50. The molecule has 1 aromatic heterocycles. The molecule has 2 rings (SSSR count). The molecule has 0 amide bonds. The maximum absolute atomic E-state index is 12.4. The number of hydrogen-bond donors (Lipinski definition) is 0. The summed E-state index contributed by atoms with van der Waals surface area (Å²) in [5.74, 6) is 0. The van der Waals surface area contributed by atoms with Gasteiger partial charge in [-0.05, 0) is 19.3 Å². The average molecular weight is 265 g/mol. The fraction of sp³-hybridized carbons (Fsp3) is 0.800. The van der Waals surface area contributed by atoms with E-state index in [1.165, 1.54) is 0 Å². The van der Waals surface area contributed by atoms with Gasteiger partial charge in [0.2, 0.25) is 10.1 Å². The van der Waals surface area contributed by atoms with Crippen molar-refractivity contribution in [1.29, 1.82) is 0 Å². The van der Waals surface area contributed by atoms with E-state index in [2.05, 4.69) is 17.1 Å². The van der Waals surface area contributed by atoms with E-state index in [1.807, 2.05) is 4.90 Å². The van der Waals surface area contributed by atoms with Crippen molar-refractivity contribution in [3.63, 3.8) is 0 Å². The van der Waals surface area contributed by atoms with E-state index in [0.29, 0.717) is 22.5 Å². The molecule has 2 heterocycles. The van der Waals surface area contributed by atoms with E-state index in [9.17, 15) is 13.2 Å². The molecule has 96 valence electrons. The molecule has 3 nitrogen and oxygen atoms in total. The first-order chi connectivity index (χ1) is 8.02. The lowest BCUT2D eigenvalue weighted by molar-refractivity contribution is -0.138. The number of anilines is 1. The minimum Gasteiger partial charge on any atom is -0.344 e. The normalized spacial score (nSPS) is 21.2. The van der Waals surface area contributed by atoms with Crippen LogP contribution in [0.4, 0.5) is 18.3 Å². The highest BCUT2D eigenvalue weighted by Crippen LogP contribution is 2.36. The number of alkyl halides is 3. The van der Waals surface area contributed by atoms with Gasteiger partial charge in [0.25, 0.3) is 0 Å². The van der Waals surface area contributed by atoms with E-state index in [-0.39, 0.29) is 0 Å². The summed E-state index contributed by atoms with van der Waals surface area (Å²) in [6.07, 6.45) is -0.288.